The lowest BCUT2D eigenvalue weighted by atomic mass is 10.2. The summed E-state index contributed by atoms with van der Waals surface area (Å²) in [6, 6.07) is 2.15. The van der Waals surface area contributed by atoms with Crippen LogP contribution in [0.25, 0.3) is 11.0 Å². The predicted octanol–water partition coefficient (Wildman–Crippen LogP) is -1.43. The molecule has 0 aromatic carbocycles. The van der Waals surface area contributed by atoms with Crippen molar-refractivity contribution in [3.8, 4) is 12.0 Å². The molecule has 3 rings (SSSR count). The van der Waals surface area contributed by atoms with E-state index in [1.165, 1.54) is 10.8 Å². The molecule has 10 N–H and O–H groups in total. The Labute approximate surface area is 188 Å². The van der Waals surface area contributed by atoms with Gasteiger partial charge in [0, 0.05) is 18.7 Å². The van der Waals surface area contributed by atoms with Crippen LogP contribution in [0.5, 0.6) is 0 Å². The topological polar surface area (TPSA) is 292 Å². The van der Waals surface area contributed by atoms with E-state index in [4.69, 9.17) is 30.9 Å². The molecule has 34 heavy (non-hydrogen) atoms. The zero-order valence-corrected chi connectivity index (χ0v) is 19.3. The Morgan fingerprint density at radius 2 is 1.91 bits per heavy atom. The molecule has 2 aromatic rings. The van der Waals surface area contributed by atoms with Crippen molar-refractivity contribution in [3.63, 3.8) is 0 Å². The molecule has 1 aliphatic heterocycles. The average Bonchev–Trinajstić information content (AvgIpc) is 3.18. The van der Waals surface area contributed by atoms with Crippen LogP contribution in [0.1, 0.15) is 18.2 Å². The third kappa shape index (κ3) is 6.32. The van der Waals surface area contributed by atoms with Crippen molar-refractivity contribution in [2.75, 3.05) is 12.3 Å². The van der Waals surface area contributed by atoms with E-state index in [2.05, 4.69) is 35.1 Å². The second-order valence-electron chi connectivity index (χ2n) is 6.69. The third-order valence-electron chi connectivity index (χ3n) is 4.24. The lowest BCUT2D eigenvalue weighted by Gasteiger charge is -2.19. The van der Waals surface area contributed by atoms with Crippen molar-refractivity contribution in [2.45, 2.75) is 24.9 Å². The zero-order valence-electron chi connectivity index (χ0n) is 16.6. The Morgan fingerprint density at radius 1 is 1.24 bits per heavy atom. The first kappa shape index (κ1) is 26.5. The summed E-state index contributed by atoms with van der Waals surface area (Å²) in [6.07, 6.45) is -2.35. The number of aromatic amines is 1. The summed E-state index contributed by atoms with van der Waals surface area (Å²) in [7, 11) is -16.7. The van der Waals surface area contributed by atoms with Crippen LogP contribution in [0.2, 0.25) is 0 Å². The van der Waals surface area contributed by atoms with E-state index in [0.717, 1.165) is 0 Å². The number of rotatable bonds is 8. The highest BCUT2D eigenvalue weighted by molar-refractivity contribution is 7.66. The van der Waals surface area contributed by atoms with Gasteiger partial charge in [-0.1, -0.05) is 0 Å². The summed E-state index contributed by atoms with van der Waals surface area (Å²) in [4.78, 5) is 54.4. The molecule has 0 radical (unpaired) electrons. The number of H-pyrrole nitrogens is 1. The van der Waals surface area contributed by atoms with Crippen molar-refractivity contribution in [3.05, 3.63) is 22.1 Å². The van der Waals surface area contributed by atoms with Crippen LogP contribution in [-0.2, 0) is 31.6 Å². The van der Waals surface area contributed by atoms with E-state index in [1.54, 1.807) is 0 Å². The van der Waals surface area contributed by atoms with Gasteiger partial charge in [0.2, 0.25) is 5.95 Å². The van der Waals surface area contributed by atoms with Crippen molar-refractivity contribution >= 4 is 40.4 Å². The van der Waals surface area contributed by atoms with Crippen LogP contribution in [0, 0.1) is 12.0 Å². The Balaban J connectivity index is 1.76. The van der Waals surface area contributed by atoms with Crippen molar-refractivity contribution < 1.29 is 56.3 Å². The number of anilines is 1. The number of aromatic nitrogens is 3. The maximum absolute atomic E-state index is 12.3. The molecule has 1 saturated heterocycles. The molecule has 1 fully saturated rings. The van der Waals surface area contributed by atoms with Crippen LogP contribution in [0.15, 0.2) is 11.0 Å². The fraction of sp³-hybridized carbons (Fsp3) is 0.385. The molecule has 18 nitrogen and oxygen atoms in total. The number of nitrogen functional groups attached to an aromatic ring is 1. The van der Waals surface area contributed by atoms with Gasteiger partial charge in [-0.05, 0) is 5.92 Å². The minimum absolute atomic E-state index is 0.0435. The lowest BCUT2D eigenvalue weighted by Crippen LogP contribution is -2.26. The minimum atomic E-state index is -5.70. The van der Waals surface area contributed by atoms with Gasteiger partial charge in [0.25, 0.3) is 5.56 Å². The maximum Gasteiger partial charge on any atom is 0.490 e. The molecule has 1 aliphatic rings. The number of nitrogens with zero attached hydrogens (tertiary/aromatic N) is 2. The van der Waals surface area contributed by atoms with Gasteiger partial charge >= 0.3 is 23.5 Å². The van der Waals surface area contributed by atoms with Gasteiger partial charge in [0.05, 0.1) is 18.3 Å². The molecular weight excluding hydrogens is 527 g/mol. The van der Waals surface area contributed by atoms with Crippen LogP contribution in [0.4, 0.5) is 5.95 Å². The lowest BCUT2D eigenvalue weighted by molar-refractivity contribution is -0.0421. The molecule has 2 aromatic heterocycles. The Morgan fingerprint density at radius 3 is 2.53 bits per heavy atom. The van der Waals surface area contributed by atoms with Gasteiger partial charge in [-0.3, -0.25) is 14.3 Å². The van der Waals surface area contributed by atoms with Gasteiger partial charge in [-0.2, -0.15) is 13.6 Å². The molecule has 0 saturated carbocycles. The predicted molar refractivity (Wildman–Crippen MR) is 110 cm³/mol. The summed E-state index contributed by atoms with van der Waals surface area (Å²) in [5, 5.41) is 10.3. The highest BCUT2D eigenvalue weighted by Crippen LogP contribution is 2.66. The fourth-order valence-electron chi connectivity index (χ4n) is 3.07. The highest BCUT2D eigenvalue weighted by atomic mass is 31.3. The summed E-state index contributed by atoms with van der Waals surface area (Å²) in [5.41, 5.74) is 10.4. The molecule has 0 bridgehead atoms. The number of ether oxygens (including phenoxy) is 1. The maximum atomic E-state index is 12.3. The van der Waals surface area contributed by atoms with Gasteiger partial charge in [0.1, 0.15) is 17.7 Å². The quantitative estimate of drug-likeness (QED) is 0.107. The molecule has 188 valence electrons. The smallest absolute Gasteiger partial charge is 0.390 e. The molecular formula is C13H18N5O13P3. The summed E-state index contributed by atoms with van der Waals surface area (Å²) >= 11 is 0. The van der Waals surface area contributed by atoms with Crippen molar-refractivity contribution in [2.24, 2.45) is 5.73 Å². The second-order valence-corrected chi connectivity index (χ2v) is 11.1. The van der Waals surface area contributed by atoms with Gasteiger partial charge in [0.15, 0.2) is 5.65 Å². The first-order valence-electron chi connectivity index (χ1n) is 8.84. The van der Waals surface area contributed by atoms with Crippen molar-refractivity contribution in [1.82, 2.24) is 14.5 Å². The number of fused-ring (bicyclic) bond motifs is 1. The van der Waals surface area contributed by atoms with E-state index in [-0.39, 0.29) is 29.0 Å². The van der Waals surface area contributed by atoms with Crippen molar-refractivity contribution in [1.29, 1.82) is 0 Å². The molecule has 0 amide bonds. The number of aliphatic hydroxyl groups excluding tert-OH is 1. The Kier molecular flexibility index (Phi) is 7.42. The number of nitrogens with two attached hydrogens (primary N) is 2. The average molecular weight is 545 g/mol. The third-order valence-corrected chi connectivity index (χ3v) is 8.04. The summed E-state index contributed by atoms with van der Waals surface area (Å²) < 4.78 is 52.5. The Hall–Kier alpha value is -2.09. The van der Waals surface area contributed by atoms with Gasteiger partial charge < -0.3 is 45.5 Å². The van der Waals surface area contributed by atoms with Gasteiger partial charge in [-0.25, -0.2) is 13.7 Å². The van der Waals surface area contributed by atoms with Crippen LogP contribution in [-0.4, -0.2) is 58.0 Å². The molecule has 0 aliphatic carbocycles. The van der Waals surface area contributed by atoms with Crippen LogP contribution < -0.4 is 17.0 Å². The number of hydrogen-bond donors (Lipinski definition) is 8. The first-order valence-corrected chi connectivity index (χ1v) is 13.4. The number of phosphoric acid groups is 3. The summed E-state index contributed by atoms with van der Waals surface area (Å²) in [5.74, 6) is 2.30. The normalized spacial score (nSPS) is 24.3. The summed E-state index contributed by atoms with van der Waals surface area (Å²) in [6.45, 7) is -0.869. The second kappa shape index (κ2) is 9.51. The first-order chi connectivity index (χ1) is 15.6. The van der Waals surface area contributed by atoms with E-state index in [0.29, 0.717) is 0 Å². The Bertz CT molecular complexity index is 1360. The zero-order chi connectivity index (χ0) is 25.5. The number of aliphatic hydroxyl groups is 1. The largest absolute Gasteiger partial charge is 0.490 e. The van der Waals surface area contributed by atoms with Gasteiger partial charge in [-0.15, -0.1) is 0 Å². The standard InChI is InChI=1S/C13H18N5O13P3/c14-2-1-6-4-18(11-10(6)12(20)17-13(15)16-11)9-3-7(19)8(29-9)5-28-33(24,25)31-34(26,27)30-32(21,22)23/h4,7-9,19H,3,5,14H2,(H,24,25)(H,26,27)(H2,21,22,23)(H3,15,16,17,20)/t7-,8?,9-/m1/s1. The minimum Gasteiger partial charge on any atom is -0.390 e. The van der Waals surface area contributed by atoms with Crippen LogP contribution >= 0.6 is 23.5 Å². The molecule has 21 heteroatoms. The van der Waals surface area contributed by atoms with Crippen LogP contribution in [0.3, 0.4) is 0 Å². The fourth-order valence-corrected chi connectivity index (χ4v) is 6.10. The SMILES string of the molecule is NC#Cc1cn([C@H]2C[C@@H](O)C(COP(=O)(O)OP(=O)(O)OP(=O)(O)O)O2)c2nc(N)[nH]c(=O)c12. The van der Waals surface area contributed by atoms with E-state index < -0.39 is 54.1 Å². The van der Waals surface area contributed by atoms with E-state index >= 15 is 0 Å². The molecule has 5 atom stereocenters. The monoisotopic (exact) mass is 545 g/mol. The van der Waals surface area contributed by atoms with E-state index in [9.17, 15) is 28.5 Å². The molecule has 3 heterocycles. The number of phosphoric ester groups is 1. The number of hydrogen-bond acceptors (Lipinski definition) is 12. The number of nitrogens with one attached hydrogen (secondary N) is 1. The van der Waals surface area contributed by atoms with E-state index in [1.807, 2.05) is 0 Å². The molecule has 3 unspecified atom stereocenters. The highest BCUT2D eigenvalue weighted by Gasteiger charge is 2.43. The molecule has 0 spiro atoms.